The molecule has 0 saturated heterocycles. The Morgan fingerprint density at radius 1 is 0.237 bits per heavy atom. The van der Waals surface area contributed by atoms with Gasteiger partial charge in [0.25, 0.3) is 0 Å². The summed E-state index contributed by atoms with van der Waals surface area (Å²) in [5.74, 6) is -4.66. The maximum Gasteiger partial charge on any atom is 0.341 e. The van der Waals surface area contributed by atoms with Crippen LogP contribution in [0.15, 0.2) is 72.8 Å². The van der Waals surface area contributed by atoms with Crippen LogP contribution in [0, 0.1) is 0 Å². The minimum Gasteiger partial charge on any atom is -0.490 e. The zero-order chi connectivity index (χ0) is 65.4. The standard InChI is InChI=1S/C69H72O24/c70-64(71)34-88-58-28-46-18-42-24-54-62(92-38-68(78)79)32-50(42)21-45-27-57-61(91-37-67(76)77)31-49(45)17-41(46)23-53(58)83-11-5-1-4-10-82-52-22-40-16-48-30-60(90-36-66(74)75)56(86-14-8-2-6-12-84-54)26-44(48)20-51-33-63(93-39-69(80)81)55(85-13-7-3-9-15-87-57)25-43(51)19-47(40)29-59(52)89-35-65(72)73/h22-33H,1-21,34-39H2,(H,70,71)(H,72,73)(H,74,75)(H,76,77)(H,78,79)(H,80,81). The van der Waals surface area contributed by atoms with Gasteiger partial charge in [-0.15, -0.1) is 0 Å². The minimum atomic E-state index is -1.22. The fourth-order valence-corrected chi connectivity index (χ4v) is 11.5. The lowest BCUT2D eigenvalue weighted by atomic mass is 9.94. The Labute approximate surface area is 534 Å². The molecule has 6 aromatic rings. The van der Waals surface area contributed by atoms with Crippen LogP contribution in [0.2, 0.25) is 0 Å². The lowest BCUT2D eigenvalue weighted by Crippen LogP contribution is -2.13. The summed E-state index contributed by atoms with van der Waals surface area (Å²) < 4.78 is 74.5. The lowest BCUT2D eigenvalue weighted by molar-refractivity contribution is -0.140. The van der Waals surface area contributed by atoms with Crippen molar-refractivity contribution in [1.29, 1.82) is 0 Å². The third-order valence-corrected chi connectivity index (χ3v) is 15.9. The summed E-state index contributed by atoms with van der Waals surface area (Å²) in [5, 5.41) is 59.1. The topological polar surface area (TPSA) is 335 Å². The van der Waals surface area contributed by atoms with E-state index in [1.54, 1.807) is 36.4 Å². The fourth-order valence-electron chi connectivity index (χ4n) is 11.5. The van der Waals surface area contributed by atoms with Crippen LogP contribution in [0.1, 0.15) is 125 Å². The summed E-state index contributed by atoms with van der Waals surface area (Å²) in [6.45, 7) is -3.14. The maximum absolute atomic E-state index is 12.1. The molecule has 492 valence electrons. The second kappa shape index (κ2) is 31.2. The number of carboxylic acid groups (broad SMARTS) is 6. The van der Waals surface area contributed by atoms with Gasteiger partial charge in [0.05, 0.1) is 39.6 Å². The average Bonchev–Trinajstić information content (AvgIpc) is 1.75. The molecule has 0 aromatic heterocycles. The molecule has 0 amide bonds. The fraction of sp³-hybridized carbons (Fsp3) is 0.391. The van der Waals surface area contributed by atoms with Crippen LogP contribution in [0.4, 0.5) is 0 Å². The van der Waals surface area contributed by atoms with Crippen molar-refractivity contribution in [2.75, 3.05) is 79.3 Å². The third kappa shape index (κ3) is 18.0. The van der Waals surface area contributed by atoms with Crippen molar-refractivity contribution in [3.8, 4) is 69.0 Å². The lowest BCUT2D eigenvalue weighted by Gasteiger charge is -2.20. The highest BCUT2D eigenvalue weighted by atomic mass is 16.6. The quantitative estimate of drug-likeness (QED) is 0.0466. The number of hydrogen-bond donors (Lipinski definition) is 6. The molecule has 0 atom stereocenters. The zero-order valence-corrected chi connectivity index (χ0v) is 51.1. The van der Waals surface area contributed by atoms with E-state index in [9.17, 15) is 59.4 Å². The second-order valence-corrected chi connectivity index (χ2v) is 22.8. The van der Waals surface area contributed by atoms with Gasteiger partial charge in [0.2, 0.25) is 0 Å². The number of ether oxygens (including phenoxy) is 12. The first-order valence-electron chi connectivity index (χ1n) is 30.8. The van der Waals surface area contributed by atoms with Crippen LogP contribution >= 0.6 is 0 Å². The molecule has 24 nitrogen and oxygen atoms in total. The normalized spacial score (nSPS) is 14.8. The molecule has 2 aliphatic carbocycles. The van der Waals surface area contributed by atoms with Gasteiger partial charge in [0, 0.05) is 0 Å². The van der Waals surface area contributed by atoms with Crippen molar-refractivity contribution < 1.29 is 116 Å². The molecule has 0 fully saturated rings. The van der Waals surface area contributed by atoms with Crippen LogP contribution in [-0.4, -0.2) is 146 Å². The zero-order valence-electron chi connectivity index (χ0n) is 51.1. The van der Waals surface area contributed by atoms with Crippen LogP contribution in [0.25, 0.3) is 0 Å². The van der Waals surface area contributed by atoms with Crippen molar-refractivity contribution in [1.82, 2.24) is 0 Å². The van der Waals surface area contributed by atoms with E-state index < -0.39 is 75.5 Å². The van der Waals surface area contributed by atoms with Gasteiger partial charge in [-0.25, -0.2) is 28.8 Å². The summed E-state index contributed by atoms with van der Waals surface area (Å²) in [5.41, 5.74) is 8.78. The van der Waals surface area contributed by atoms with Crippen molar-refractivity contribution in [2.24, 2.45) is 0 Å². The van der Waals surface area contributed by atoms with Crippen LogP contribution < -0.4 is 56.8 Å². The molecule has 20 rings (SSSR count). The number of aliphatic carboxylic acids is 6. The van der Waals surface area contributed by atoms with E-state index in [2.05, 4.69) is 0 Å². The summed E-state index contributed by atoms with van der Waals surface area (Å²) >= 11 is 0. The smallest absolute Gasteiger partial charge is 0.341 e. The van der Waals surface area contributed by atoms with E-state index in [1.165, 1.54) is 0 Å². The van der Waals surface area contributed by atoms with E-state index >= 15 is 0 Å². The van der Waals surface area contributed by atoms with Crippen molar-refractivity contribution in [3.63, 3.8) is 0 Å². The van der Waals surface area contributed by atoms with Crippen molar-refractivity contribution in [2.45, 2.75) is 96.3 Å². The first-order valence-corrected chi connectivity index (χ1v) is 30.8. The molecule has 0 saturated carbocycles. The predicted molar refractivity (Wildman–Crippen MR) is 329 cm³/mol. The van der Waals surface area contributed by atoms with Crippen LogP contribution in [-0.2, 0) is 67.3 Å². The molecule has 12 aliphatic heterocycles. The molecule has 12 heterocycles. The highest BCUT2D eigenvalue weighted by Gasteiger charge is 2.27. The van der Waals surface area contributed by atoms with E-state index in [1.807, 2.05) is 36.4 Å². The molecular formula is C69H72O24. The Hall–Kier alpha value is -10.3. The number of carboxylic acids is 6. The summed E-state index contributed by atoms with van der Waals surface area (Å²) in [6.07, 6.45) is 6.09. The monoisotopic (exact) mass is 1280 g/mol. The Bertz CT molecular complexity index is 3140. The summed E-state index contributed by atoms with van der Waals surface area (Å²) in [6, 6.07) is 21.3. The molecule has 14 aliphatic rings. The van der Waals surface area contributed by atoms with E-state index in [4.69, 9.17) is 56.8 Å². The molecule has 0 unspecified atom stereocenters. The molecule has 24 heteroatoms. The molecule has 6 aromatic carbocycles. The molecular weight excluding hydrogens is 1210 g/mol. The van der Waals surface area contributed by atoms with Gasteiger partial charge in [0.15, 0.2) is 109 Å². The Balaban J connectivity index is 1.13. The predicted octanol–water partition coefficient (Wildman–Crippen LogP) is 9.15. The van der Waals surface area contributed by atoms with Gasteiger partial charge >= 0.3 is 35.8 Å². The number of carbonyl (C=O) groups is 6. The van der Waals surface area contributed by atoms with Gasteiger partial charge in [0.1, 0.15) is 0 Å². The van der Waals surface area contributed by atoms with E-state index in [-0.39, 0.29) is 147 Å². The van der Waals surface area contributed by atoms with E-state index in [0.29, 0.717) is 91.2 Å². The Kier molecular flexibility index (Phi) is 22.0. The Morgan fingerprint density at radius 2 is 0.376 bits per heavy atom. The van der Waals surface area contributed by atoms with Gasteiger partial charge in [-0.1, -0.05) is 0 Å². The number of rotatable bonds is 18. The van der Waals surface area contributed by atoms with Gasteiger partial charge in [-0.3, -0.25) is 0 Å². The molecule has 18 bridgehead atoms. The maximum atomic E-state index is 12.1. The summed E-state index contributed by atoms with van der Waals surface area (Å²) in [4.78, 5) is 72.5. The first-order chi connectivity index (χ1) is 45.0. The molecule has 0 radical (unpaired) electrons. The van der Waals surface area contributed by atoms with Crippen molar-refractivity contribution in [3.05, 3.63) is 140 Å². The van der Waals surface area contributed by atoms with Crippen molar-refractivity contribution >= 4 is 35.8 Å². The van der Waals surface area contributed by atoms with Gasteiger partial charge < -0.3 is 87.5 Å². The molecule has 93 heavy (non-hydrogen) atoms. The Morgan fingerprint density at radius 3 is 0.516 bits per heavy atom. The molecule has 0 spiro atoms. The highest BCUT2D eigenvalue weighted by Crippen LogP contribution is 2.44. The first kappa shape index (κ1) is 65.7. The third-order valence-electron chi connectivity index (χ3n) is 15.9. The average molecular weight is 1290 g/mol. The highest BCUT2D eigenvalue weighted by molar-refractivity contribution is 5.72. The van der Waals surface area contributed by atoms with Crippen LogP contribution in [0.5, 0.6) is 69.0 Å². The largest absolute Gasteiger partial charge is 0.490 e. The number of benzene rings is 6. The van der Waals surface area contributed by atoms with Gasteiger partial charge in [-0.2, -0.15) is 0 Å². The van der Waals surface area contributed by atoms with Gasteiger partial charge in [-0.05, 0) is 236 Å². The SMILES string of the molecule is O=C(O)COc1cc2c3cc1OCCCCCOc1cc4c(cc1OCC(=O)O)Cc1cc5c(OCC(=O)O)cc1Cc1cc(c(OCC(=O)O)cc1C4)OCCCCCOc1cc(c(cc1OCC(=O)O)Cc1cc(c(OCC(=O)O)cc1C3)OCCCCCO5)C2. The molecule has 6 N–H and O–H groups in total. The minimum absolute atomic E-state index is 0.160. The van der Waals surface area contributed by atoms with E-state index in [0.717, 1.165) is 33.4 Å². The second-order valence-electron chi connectivity index (χ2n) is 22.8. The van der Waals surface area contributed by atoms with Crippen LogP contribution in [0.3, 0.4) is 0 Å². The summed E-state index contributed by atoms with van der Waals surface area (Å²) in [7, 11) is 0. The number of hydrogen-bond acceptors (Lipinski definition) is 18.